The standard InChI is InChI=1S/C20H28N4O2/c1-14-7-6-10-23(11-14)12-15(2)21-19(25)13-24-16(3)22-18-9-5-4-8-17(18)20(24)26/h4-5,8-9,14-15H,6-7,10-13H2,1-3H3,(H,21,25)/t14-,15-/m0/s1. The lowest BCUT2D eigenvalue weighted by molar-refractivity contribution is -0.122. The molecule has 1 aliphatic heterocycles. The van der Waals surface area contributed by atoms with E-state index in [0.29, 0.717) is 16.7 Å². The van der Waals surface area contributed by atoms with Crippen LogP contribution in [0.2, 0.25) is 0 Å². The number of carbonyl (C=O) groups is 1. The Morgan fingerprint density at radius 3 is 2.92 bits per heavy atom. The van der Waals surface area contributed by atoms with Gasteiger partial charge in [0.1, 0.15) is 12.4 Å². The Kier molecular flexibility index (Phi) is 5.71. The van der Waals surface area contributed by atoms with Crippen molar-refractivity contribution < 1.29 is 4.79 Å². The molecular formula is C20H28N4O2. The van der Waals surface area contributed by atoms with E-state index < -0.39 is 0 Å². The number of para-hydroxylation sites is 1. The minimum atomic E-state index is -0.166. The number of aryl methyl sites for hydroxylation is 1. The Labute approximate surface area is 154 Å². The minimum Gasteiger partial charge on any atom is -0.351 e. The van der Waals surface area contributed by atoms with E-state index >= 15 is 0 Å². The summed E-state index contributed by atoms with van der Waals surface area (Å²) in [6.45, 7) is 9.09. The van der Waals surface area contributed by atoms with Gasteiger partial charge in [0.05, 0.1) is 10.9 Å². The Bertz CT molecular complexity index is 845. The lowest BCUT2D eigenvalue weighted by Crippen LogP contribution is -2.46. The van der Waals surface area contributed by atoms with E-state index in [4.69, 9.17) is 0 Å². The summed E-state index contributed by atoms with van der Waals surface area (Å²) in [5.74, 6) is 1.13. The molecule has 0 bridgehead atoms. The van der Waals surface area contributed by atoms with E-state index in [9.17, 15) is 9.59 Å². The van der Waals surface area contributed by atoms with Crippen molar-refractivity contribution in [2.24, 2.45) is 5.92 Å². The van der Waals surface area contributed by atoms with Gasteiger partial charge in [0.2, 0.25) is 5.91 Å². The van der Waals surface area contributed by atoms with Crippen LogP contribution in [-0.4, -0.2) is 46.0 Å². The molecule has 1 fully saturated rings. The molecule has 0 spiro atoms. The molecular weight excluding hydrogens is 328 g/mol. The third-order valence-electron chi connectivity index (χ3n) is 5.03. The first-order valence-corrected chi connectivity index (χ1v) is 9.42. The van der Waals surface area contributed by atoms with Crippen LogP contribution in [0.1, 0.15) is 32.5 Å². The number of carbonyl (C=O) groups excluding carboxylic acids is 1. The molecule has 1 saturated heterocycles. The van der Waals surface area contributed by atoms with E-state index in [1.165, 1.54) is 17.4 Å². The molecule has 140 valence electrons. The van der Waals surface area contributed by atoms with Gasteiger partial charge in [-0.1, -0.05) is 19.1 Å². The molecule has 6 heteroatoms. The summed E-state index contributed by atoms with van der Waals surface area (Å²) in [7, 11) is 0. The van der Waals surface area contributed by atoms with Crippen LogP contribution in [0.25, 0.3) is 10.9 Å². The van der Waals surface area contributed by atoms with Gasteiger partial charge < -0.3 is 10.2 Å². The molecule has 6 nitrogen and oxygen atoms in total. The van der Waals surface area contributed by atoms with Crippen molar-refractivity contribution >= 4 is 16.8 Å². The molecule has 2 atom stereocenters. The topological polar surface area (TPSA) is 67.2 Å². The second-order valence-corrected chi connectivity index (χ2v) is 7.54. The van der Waals surface area contributed by atoms with Crippen LogP contribution in [0.4, 0.5) is 0 Å². The fraction of sp³-hybridized carbons (Fsp3) is 0.550. The van der Waals surface area contributed by atoms with Crippen molar-refractivity contribution in [3.8, 4) is 0 Å². The van der Waals surface area contributed by atoms with Crippen LogP contribution >= 0.6 is 0 Å². The molecule has 0 unspecified atom stereocenters. The zero-order valence-electron chi connectivity index (χ0n) is 15.9. The molecule has 0 radical (unpaired) electrons. The molecule has 1 amide bonds. The quantitative estimate of drug-likeness (QED) is 0.889. The summed E-state index contributed by atoms with van der Waals surface area (Å²) in [5.41, 5.74) is 0.500. The number of rotatable bonds is 5. The summed E-state index contributed by atoms with van der Waals surface area (Å²) in [6.07, 6.45) is 2.51. The first-order valence-electron chi connectivity index (χ1n) is 9.42. The number of likely N-dealkylation sites (tertiary alicyclic amines) is 1. The predicted molar refractivity (Wildman–Crippen MR) is 103 cm³/mol. The van der Waals surface area contributed by atoms with E-state index in [1.54, 1.807) is 13.0 Å². The maximum atomic E-state index is 12.7. The van der Waals surface area contributed by atoms with Crippen LogP contribution in [-0.2, 0) is 11.3 Å². The highest BCUT2D eigenvalue weighted by molar-refractivity contribution is 5.79. The van der Waals surface area contributed by atoms with E-state index in [2.05, 4.69) is 22.1 Å². The van der Waals surface area contributed by atoms with Gasteiger partial charge in [-0.2, -0.15) is 0 Å². The van der Waals surface area contributed by atoms with Crippen molar-refractivity contribution in [3.63, 3.8) is 0 Å². The van der Waals surface area contributed by atoms with Crippen LogP contribution in [0.3, 0.4) is 0 Å². The third kappa shape index (κ3) is 4.30. The Balaban J connectivity index is 1.64. The monoisotopic (exact) mass is 356 g/mol. The molecule has 1 N–H and O–H groups in total. The number of nitrogens with zero attached hydrogens (tertiary/aromatic N) is 3. The Morgan fingerprint density at radius 1 is 1.38 bits per heavy atom. The largest absolute Gasteiger partial charge is 0.351 e. The zero-order valence-corrected chi connectivity index (χ0v) is 15.9. The summed E-state index contributed by atoms with van der Waals surface area (Å²) in [5, 5.41) is 3.57. The maximum absolute atomic E-state index is 12.7. The second-order valence-electron chi connectivity index (χ2n) is 7.54. The summed E-state index contributed by atoms with van der Waals surface area (Å²) in [4.78, 5) is 32.0. The lowest BCUT2D eigenvalue weighted by atomic mass is 10.00. The van der Waals surface area contributed by atoms with Crippen molar-refractivity contribution in [3.05, 3.63) is 40.4 Å². The van der Waals surface area contributed by atoms with Crippen molar-refractivity contribution in [2.45, 2.75) is 46.2 Å². The van der Waals surface area contributed by atoms with Gasteiger partial charge in [0.15, 0.2) is 0 Å². The highest BCUT2D eigenvalue weighted by Gasteiger charge is 2.19. The molecule has 2 aromatic rings. The van der Waals surface area contributed by atoms with Crippen LogP contribution in [0.15, 0.2) is 29.1 Å². The first-order chi connectivity index (χ1) is 12.4. The van der Waals surface area contributed by atoms with Gasteiger partial charge in [-0.3, -0.25) is 14.2 Å². The number of nitrogens with one attached hydrogen (secondary N) is 1. The van der Waals surface area contributed by atoms with Crippen molar-refractivity contribution in [1.82, 2.24) is 19.8 Å². The maximum Gasteiger partial charge on any atom is 0.261 e. The fourth-order valence-electron chi connectivity index (χ4n) is 3.81. The van der Waals surface area contributed by atoms with Crippen LogP contribution < -0.4 is 10.9 Å². The Hall–Kier alpha value is -2.21. The normalized spacial score (nSPS) is 19.4. The van der Waals surface area contributed by atoms with Gasteiger partial charge in [0, 0.05) is 19.1 Å². The van der Waals surface area contributed by atoms with E-state index in [1.807, 2.05) is 25.1 Å². The van der Waals surface area contributed by atoms with Gasteiger partial charge in [-0.15, -0.1) is 0 Å². The van der Waals surface area contributed by atoms with Gasteiger partial charge in [-0.05, 0) is 51.3 Å². The van der Waals surface area contributed by atoms with Crippen molar-refractivity contribution in [2.75, 3.05) is 19.6 Å². The summed E-state index contributed by atoms with van der Waals surface area (Å²) >= 11 is 0. The van der Waals surface area contributed by atoms with E-state index in [-0.39, 0.29) is 24.1 Å². The zero-order chi connectivity index (χ0) is 18.7. The Morgan fingerprint density at radius 2 is 2.15 bits per heavy atom. The number of aromatic nitrogens is 2. The first kappa shape index (κ1) is 18.6. The number of hydrogen-bond acceptors (Lipinski definition) is 4. The molecule has 2 heterocycles. The highest BCUT2D eigenvalue weighted by Crippen LogP contribution is 2.15. The molecule has 0 saturated carbocycles. The molecule has 26 heavy (non-hydrogen) atoms. The molecule has 1 aromatic heterocycles. The SMILES string of the molecule is Cc1nc2ccccc2c(=O)n1CC(=O)N[C@@H](C)CN1CCC[C@H](C)C1. The average molecular weight is 356 g/mol. The molecule has 0 aliphatic carbocycles. The summed E-state index contributed by atoms with van der Waals surface area (Å²) in [6, 6.07) is 7.28. The fourth-order valence-corrected chi connectivity index (χ4v) is 3.81. The average Bonchev–Trinajstić information content (AvgIpc) is 2.58. The molecule has 3 rings (SSSR count). The smallest absolute Gasteiger partial charge is 0.261 e. The molecule has 1 aromatic carbocycles. The summed E-state index contributed by atoms with van der Waals surface area (Å²) < 4.78 is 1.45. The number of hydrogen-bond donors (Lipinski definition) is 1. The second kappa shape index (κ2) is 7.99. The van der Waals surface area contributed by atoms with Crippen LogP contribution in [0, 0.1) is 12.8 Å². The highest BCUT2D eigenvalue weighted by atomic mass is 16.2. The lowest BCUT2D eigenvalue weighted by Gasteiger charge is -2.32. The van der Waals surface area contributed by atoms with Gasteiger partial charge in [-0.25, -0.2) is 4.98 Å². The van der Waals surface area contributed by atoms with Gasteiger partial charge >= 0.3 is 0 Å². The number of piperidine rings is 1. The molecule has 1 aliphatic rings. The number of amides is 1. The van der Waals surface area contributed by atoms with Crippen molar-refractivity contribution in [1.29, 1.82) is 0 Å². The number of fused-ring (bicyclic) bond motifs is 1. The van der Waals surface area contributed by atoms with Gasteiger partial charge in [0.25, 0.3) is 5.56 Å². The predicted octanol–water partition coefficient (Wildman–Crippen LogP) is 1.94. The van der Waals surface area contributed by atoms with E-state index in [0.717, 1.165) is 25.6 Å². The minimum absolute atomic E-state index is 0.00322. The third-order valence-corrected chi connectivity index (χ3v) is 5.03. The van der Waals surface area contributed by atoms with Crippen LogP contribution in [0.5, 0.6) is 0 Å². The number of benzene rings is 1.